The van der Waals surface area contributed by atoms with E-state index in [4.69, 9.17) is 4.74 Å². The quantitative estimate of drug-likeness (QED) is 0.707. The molecule has 0 aliphatic carbocycles. The van der Waals surface area contributed by atoms with Crippen LogP contribution in [0.1, 0.15) is 51.7 Å². The lowest BCUT2D eigenvalue weighted by Crippen LogP contribution is -2.06. The third-order valence-electron chi connectivity index (χ3n) is 2.19. The third kappa shape index (κ3) is 6.49. The molecule has 0 atom stereocenters. The minimum atomic E-state index is 0.256. The lowest BCUT2D eigenvalue weighted by Gasteiger charge is -2.12. The Hall–Kier alpha value is -0.980. The highest BCUT2D eigenvalue weighted by Gasteiger charge is 2.00. The molecule has 0 aromatic heterocycles. The van der Waals surface area contributed by atoms with Gasteiger partial charge in [0.05, 0.1) is 6.10 Å². The minimum Gasteiger partial charge on any atom is -0.491 e. The predicted octanol–water partition coefficient (Wildman–Crippen LogP) is 4.90. The van der Waals surface area contributed by atoms with Gasteiger partial charge in [-0.3, -0.25) is 0 Å². The summed E-state index contributed by atoms with van der Waals surface area (Å²) in [5, 5.41) is 0. The highest BCUT2D eigenvalue weighted by Crippen LogP contribution is 2.19. The average Bonchev–Trinajstić information content (AvgIpc) is 2.22. The summed E-state index contributed by atoms with van der Waals surface area (Å²) in [7, 11) is 0. The van der Waals surface area contributed by atoms with Crippen LogP contribution in [0.25, 0.3) is 0 Å². The van der Waals surface area contributed by atoms with Gasteiger partial charge in [-0.2, -0.15) is 0 Å². The lowest BCUT2D eigenvalue weighted by molar-refractivity contribution is 0.241. The smallest absolute Gasteiger partial charge is 0.122 e. The van der Waals surface area contributed by atoms with Crippen LogP contribution in [-0.2, 0) is 0 Å². The molecule has 0 radical (unpaired) electrons. The molecule has 1 heteroatoms. The zero-order valence-electron chi connectivity index (χ0n) is 11.6. The summed E-state index contributed by atoms with van der Waals surface area (Å²) in [5.74, 6) is 0.996. The van der Waals surface area contributed by atoms with Crippen LogP contribution in [0.15, 0.2) is 18.2 Å². The zero-order chi connectivity index (χ0) is 12.6. The first-order chi connectivity index (χ1) is 7.51. The second-order valence-corrected chi connectivity index (χ2v) is 4.44. The fourth-order valence-electron chi connectivity index (χ4n) is 1.19. The van der Waals surface area contributed by atoms with E-state index in [1.807, 2.05) is 19.9 Å². The van der Waals surface area contributed by atoms with Gasteiger partial charge in [0.2, 0.25) is 0 Å². The van der Waals surface area contributed by atoms with Crippen molar-refractivity contribution in [3.05, 3.63) is 29.3 Å². The Labute approximate surface area is 101 Å². The molecule has 16 heavy (non-hydrogen) atoms. The molecule has 0 aliphatic heterocycles. The Morgan fingerprint density at radius 1 is 1.06 bits per heavy atom. The number of benzene rings is 1. The van der Waals surface area contributed by atoms with E-state index in [9.17, 15) is 0 Å². The molecule has 0 saturated carbocycles. The van der Waals surface area contributed by atoms with Crippen molar-refractivity contribution in [2.24, 2.45) is 0 Å². The van der Waals surface area contributed by atoms with Crippen molar-refractivity contribution in [1.29, 1.82) is 0 Å². The van der Waals surface area contributed by atoms with E-state index < -0.39 is 0 Å². The molecule has 1 aromatic carbocycles. The topological polar surface area (TPSA) is 9.23 Å². The maximum absolute atomic E-state index is 5.60. The van der Waals surface area contributed by atoms with Gasteiger partial charge in [0.15, 0.2) is 0 Å². The molecule has 0 amide bonds. The average molecular weight is 222 g/mol. The van der Waals surface area contributed by atoms with Crippen LogP contribution in [-0.4, -0.2) is 6.10 Å². The molecule has 0 unspecified atom stereocenters. The summed E-state index contributed by atoms with van der Waals surface area (Å²) in [4.78, 5) is 0. The molecule has 1 nitrogen and oxygen atoms in total. The van der Waals surface area contributed by atoms with Gasteiger partial charge in [-0.1, -0.05) is 44.4 Å². The first kappa shape index (κ1) is 15.0. The molecule has 1 rings (SSSR count). The number of hydrogen-bond acceptors (Lipinski definition) is 1. The minimum absolute atomic E-state index is 0.256. The summed E-state index contributed by atoms with van der Waals surface area (Å²) in [6.45, 7) is 12.6. The van der Waals surface area contributed by atoms with E-state index in [1.165, 1.54) is 24.0 Å². The van der Waals surface area contributed by atoms with Crippen molar-refractivity contribution < 1.29 is 4.74 Å². The molecule has 0 bridgehead atoms. The predicted molar refractivity (Wildman–Crippen MR) is 72.3 cm³/mol. The van der Waals surface area contributed by atoms with Gasteiger partial charge in [0.1, 0.15) is 5.75 Å². The molecule has 0 N–H and O–H groups in total. The lowest BCUT2D eigenvalue weighted by atomic mass is 10.1. The van der Waals surface area contributed by atoms with Gasteiger partial charge < -0.3 is 4.74 Å². The molecule has 92 valence electrons. The van der Waals surface area contributed by atoms with Crippen LogP contribution < -0.4 is 4.74 Å². The SMILES string of the molecule is CCCC.Cc1ccc(OC(C)C)c(C)c1. The molecule has 0 heterocycles. The normalized spacial score (nSPS) is 9.69. The molecular formula is C15H26O. The second-order valence-electron chi connectivity index (χ2n) is 4.44. The van der Waals surface area contributed by atoms with Gasteiger partial charge >= 0.3 is 0 Å². The Bertz CT molecular complexity index is 287. The van der Waals surface area contributed by atoms with E-state index in [2.05, 4.69) is 39.8 Å². The summed E-state index contributed by atoms with van der Waals surface area (Å²) in [6, 6.07) is 6.24. The number of ether oxygens (including phenoxy) is 1. The fourth-order valence-corrected chi connectivity index (χ4v) is 1.19. The molecular weight excluding hydrogens is 196 g/mol. The molecule has 0 fully saturated rings. The first-order valence-electron chi connectivity index (χ1n) is 6.25. The van der Waals surface area contributed by atoms with Gasteiger partial charge in [0, 0.05) is 0 Å². The number of aryl methyl sites for hydroxylation is 2. The van der Waals surface area contributed by atoms with E-state index in [-0.39, 0.29) is 6.10 Å². The summed E-state index contributed by atoms with van der Waals surface area (Å²) < 4.78 is 5.60. The molecule has 1 aromatic rings. The van der Waals surface area contributed by atoms with Crippen LogP contribution >= 0.6 is 0 Å². The summed E-state index contributed by atoms with van der Waals surface area (Å²) in [6.07, 6.45) is 2.89. The molecule has 0 spiro atoms. The van der Waals surface area contributed by atoms with Gasteiger partial charge in [-0.05, 0) is 39.3 Å². The van der Waals surface area contributed by atoms with E-state index >= 15 is 0 Å². The van der Waals surface area contributed by atoms with Gasteiger partial charge in [-0.15, -0.1) is 0 Å². The van der Waals surface area contributed by atoms with Crippen LogP contribution in [0.2, 0.25) is 0 Å². The van der Waals surface area contributed by atoms with Gasteiger partial charge in [0.25, 0.3) is 0 Å². The zero-order valence-corrected chi connectivity index (χ0v) is 11.6. The van der Waals surface area contributed by atoms with Crippen molar-refractivity contribution in [3.63, 3.8) is 0 Å². The van der Waals surface area contributed by atoms with Gasteiger partial charge in [-0.25, -0.2) is 0 Å². The van der Waals surface area contributed by atoms with Crippen LogP contribution in [0.4, 0.5) is 0 Å². The van der Waals surface area contributed by atoms with Crippen molar-refractivity contribution >= 4 is 0 Å². The summed E-state index contributed by atoms with van der Waals surface area (Å²) in [5.41, 5.74) is 2.49. The highest BCUT2D eigenvalue weighted by molar-refractivity contribution is 5.35. The third-order valence-corrected chi connectivity index (χ3v) is 2.19. The maximum Gasteiger partial charge on any atom is 0.122 e. The Kier molecular flexibility index (Phi) is 7.70. The Morgan fingerprint density at radius 3 is 2.00 bits per heavy atom. The standard InChI is InChI=1S/C11H16O.C4H10/c1-8(2)12-11-6-5-9(3)7-10(11)4;1-3-4-2/h5-8H,1-4H3;3-4H2,1-2H3. The largest absolute Gasteiger partial charge is 0.491 e. The highest BCUT2D eigenvalue weighted by atomic mass is 16.5. The maximum atomic E-state index is 5.60. The monoisotopic (exact) mass is 222 g/mol. The fraction of sp³-hybridized carbons (Fsp3) is 0.600. The first-order valence-corrected chi connectivity index (χ1v) is 6.25. The molecule has 0 aliphatic rings. The number of hydrogen-bond donors (Lipinski definition) is 0. The van der Waals surface area contributed by atoms with Crippen LogP contribution in [0, 0.1) is 13.8 Å². The van der Waals surface area contributed by atoms with E-state index in [1.54, 1.807) is 0 Å². The Balaban J connectivity index is 0.000000487. The Morgan fingerprint density at radius 2 is 1.62 bits per heavy atom. The van der Waals surface area contributed by atoms with Crippen LogP contribution in [0.3, 0.4) is 0 Å². The van der Waals surface area contributed by atoms with Crippen molar-refractivity contribution in [2.75, 3.05) is 0 Å². The summed E-state index contributed by atoms with van der Waals surface area (Å²) >= 11 is 0. The van der Waals surface area contributed by atoms with Crippen molar-refractivity contribution in [2.45, 2.75) is 60.5 Å². The molecule has 0 saturated heterocycles. The van der Waals surface area contributed by atoms with Crippen molar-refractivity contribution in [3.8, 4) is 5.75 Å². The van der Waals surface area contributed by atoms with Crippen molar-refractivity contribution in [1.82, 2.24) is 0 Å². The van der Waals surface area contributed by atoms with E-state index in [0.29, 0.717) is 0 Å². The number of rotatable bonds is 3. The second kappa shape index (κ2) is 8.20. The van der Waals surface area contributed by atoms with Crippen LogP contribution in [0.5, 0.6) is 5.75 Å². The van der Waals surface area contributed by atoms with E-state index in [0.717, 1.165) is 5.75 Å². The number of unbranched alkanes of at least 4 members (excludes halogenated alkanes) is 1.